The monoisotopic (exact) mass is 213 g/mol. The average Bonchev–Trinajstić information content (AvgIpc) is 2.31. The Balaban J connectivity index is 2.51. The maximum Gasteiger partial charge on any atom is 0.128 e. The zero-order valence-electron chi connectivity index (χ0n) is 9.60. The van der Waals surface area contributed by atoms with Gasteiger partial charge in [-0.1, -0.05) is 18.2 Å². The van der Waals surface area contributed by atoms with E-state index in [1.54, 1.807) is 0 Å². The van der Waals surface area contributed by atoms with Crippen LogP contribution in [0.15, 0.2) is 42.6 Å². The van der Waals surface area contributed by atoms with E-state index in [0.717, 1.165) is 22.6 Å². The van der Waals surface area contributed by atoms with E-state index in [2.05, 4.69) is 18.0 Å². The minimum atomic E-state index is 0.670. The van der Waals surface area contributed by atoms with E-state index in [4.69, 9.17) is 4.74 Å². The number of hydrogen-bond donors (Lipinski definition) is 0. The highest BCUT2D eigenvalue weighted by Gasteiger charge is 2.08. The van der Waals surface area contributed by atoms with Crippen molar-refractivity contribution >= 4 is 0 Å². The molecule has 0 atom stereocenters. The molecule has 1 heterocycles. The topological polar surface area (TPSA) is 22.1 Å². The normalized spacial score (nSPS) is 10.1. The van der Waals surface area contributed by atoms with Crippen LogP contribution in [0.5, 0.6) is 5.75 Å². The number of pyridine rings is 1. The van der Waals surface area contributed by atoms with Gasteiger partial charge in [-0.05, 0) is 37.6 Å². The molecule has 0 radical (unpaired) electrons. The maximum absolute atomic E-state index is 5.61. The van der Waals surface area contributed by atoms with Crippen LogP contribution in [-0.4, -0.2) is 11.6 Å². The first-order valence-electron chi connectivity index (χ1n) is 5.46. The Hall–Kier alpha value is -1.83. The molecule has 2 nitrogen and oxygen atoms in total. The highest BCUT2D eigenvalue weighted by molar-refractivity contribution is 5.69. The van der Waals surface area contributed by atoms with Crippen LogP contribution in [0.2, 0.25) is 0 Å². The predicted molar refractivity (Wildman–Crippen MR) is 65.6 cm³/mol. The third-order valence-electron chi connectivity index (χ3n) is 2.45. The van der Waals surface area contributed by atoms with E-state index in [1.165, 1.54) is 0 Å². The molecule has 0 unspecified atom stereocenters. The highest BCUT2D eigenvalue weighted by atomic mass is 16.5. The lowest BCUT2D eigenvalue weighted by Crippen LogP contribution is -1.95. The number of benzene rings is 1. The molecule has 0 spiro atoms. The van der Waals surface area contributed by atoms with Gasteiger partial charge in [0.2, 0.25) is 0 Å². The summed E-state index contributed by atoms with van der Waals surface area (Å²) in [6.45, 7) is 4.72. The summed E-state index contributed by atoms with van der Waals surface area (Å²) in [5.74, 6) is 0.895. The number of aromatic nitrogens is 1. The number of para-hydroxylation sites is 1. The Morgan fingerprint density at radius 2 is 1.94 bits per heavy atom. The van der Waals surface area contributed by atoms with Gasteiger partial charge in [0.25, 0.3) is 0 Å². The number of aryl methyl sites for hydroxylation is 1. The second-order valence-corrected chi connectivity index (χ2v) is 3.60. The molecule has 0 aliphatic carbocycles. The van der Waals surface area contributed by atoms with Crippen molar-refractivity contribution in [3.05, 3.63) is 48.2 Å². The third-order valence-corrected chi connectivity index (χ3v) is 2.45. The van der Waals surface area contributed by atoms with Gasteiger partial charge in [-0.25, -0.2) is 0 Å². The molecule has 0 fully saturated rings. The summed E-state index contributed by atoms with van der Waals surface area (Å²) >= 11 is 0. The molecule has 2 heteroatoms. The molecular weight excluding hydrogens is 198 g/mol. The van der Waals surface area contributed by atoms with Crippen molar-refractivity contribution in [2.24, 2.45) is 0 Å². The van der Waals surface area contributed by atoms with Crippen LogP contribution >= 0.6 is 0 Å². The molecule has 0 N–H and O–H groups in total. The summed E-state index contributed by atoms with van der Waals surface area (Å²) in [7, 11) is 0. The Kier molecular flexibility index (Phi) is 3.20. The van der Waals surface area contributed by atoms with E-state index >= 15 is 0 Å². The first-order valence-corrected chi connectivity index (χ1v) is 5.46. The lowest BCUT2D eigenvalue weighted by molar-refractivity contribution is 0.341. The van der Waals surface area contributed by atoms with Crippen molar-refractivity contribution in [2.45, 2.75) is 13.8 Å². The van der Waals surface area contributed by atoms with Crippen LogP contribution in [0.25, 0.3) is 11.3 Å². The van der Waals surface area contributed by atoms with Crippen LogP contribution in [0.4, 0.5) is 0 Å². The SMILES string of the molecule is CCOc1ccccc1-c1ncccc1C. The van der Waals surface area contributed by atoms with Gasteiger partial charge in [0.15, 0.2) is 0 Å². The molecule has 82 valence electrons. The standard InChI is InChI=1S/C14H15NO/c1-3-16-13-9-5-4-8-12(13)14-11(2)7-6-10-15-14/h4-10H,3H2,1-2H3. The van der Waals surface area contributed by atoms with Gasteiger partial charge in [0, 0.05) is 11.8 Å². The van der Waals surface area contributed by atoms with Crippen molar-refractivity contribution in [2.75, 3.05) is 6.61 Å². The molecule has 0 bridgehead atoms. The largest absolute Gasteiger partial charge is 0.493 e. The van der Waals surface area contributed by atoms with Crippen molar-refractivity contribution in [1.82, 2.24) is 4.98 Å². The molecule has 0 aliphatic rings. The zero-order chi connectivity index (χ0) is 11.4. The van der Waals surface area contributed by atoms with Crippen molar-refractivity contribution in [3.63, 3.8) is 0 Å². The Bertz CT molecular complexity index is 480. The Morgan fingerprint density at radius 3 is 2.69 bits per heavy atom. The molecule has 2 rings (SSSR count). The quantitative estimate of drug-likeness (QED) is 0.779. The van der Waals surface area contributed by atoms with Crippen LogP contribution in [0.3, 0.4) is 0 Å². The number of nitrogens with zero attached hydrogens (tertiary/aromatic N) is 1. The lowest BCUT2D eigenvalue weighted by Gasteiger charge is -2.10. The predicted octanol–water partition coefficient (Wildman–Crippen LogP) is 3.46. The fourth-order valence-corrected chi connectivity index (χ4v) is 1.71. The lowest BCUT2D eigenvalue weighted by atomic mass is 10.1. The molecule has 1 aromatic carbocycles. The summed E-state index contributed by atoms with van der Waals surface area (Å²) in [4.78, 5) is 4.41. The highest BCUT2D eigenvalue weighted by Crippen LogP contribution is 2.30. The van der Waals surface area contributed by atoms with Gasteiger partial charge < -0.3 is 4.74 Å². The summed E-state index contributed by atoms with van der Waals surface area (Å²) in [5, 5.41) is 0. The van der Waals surface area contributed by atoms with Gasteiger partial charge >= 0.3 is 0 Å². The second kappa shape index (κ2) is 4.79. The summed E-state index contributed by atoms with van der Waals surface area (Å²) < 4.78 is 5.61. The maximum atomic E-state index is 5.61. The van der Waals surface area contributed by atoms with E-state index < -0.39 is 0 Å². The van der Waals surface area contributed by atoms with Gasteiger partial charge in [-0.2, -0.15) is 0 Å². The fourth-order valence-electron chi connectivity index (χ4n) is 1.71. The van der Waals surface area contributed by atoms with E-state index in [1.807, 2.05) is 43.5 Å². The number of ether oxygens (including phenoxy) is 1. The van der Waals surface area contributed by atoms with E-state index in [9.17, 15) is 0 Å². The minimum absolute atomic E-state index is 0.670. The van der Waals surface area contributed by atoms with Gasteiger partial charge in [-0.15, -0.1) is 0 Å². The van der Waals surface area contributed by atoms with E-state index in [-0.39, 0.29) is 0 Å². The number of hydrogen-bond acceptors (Lipinski definition) is 2. The zero-order valence-corrected chi connectivity index (χ0v) is 9.60. The van der Waals surface area contributed by atoms with Crippen LogP contribution in [-0.2, 0) is 0 Å². The first kappa shape index (κ1) is 10.7. The first-order chi connectivity index (χ1) is 7.83. The molecule has 0 saturated carbocycles. The summed E-state index contributed by atoms with van der Waals surface area (Å²) in [6.07, 6.45) is 1.81. The molecule has 0 aliphatic heterocycles. The molecule has 2 aromatic rings. The Morgan fingerprint density at radius 1 is 1.12 bits per heavy atom. The molecule has 1 aromatic heterocycles. The molecule has 16 heavy (non-hydrogen) atoms. The molecule has 0 amide bonds. The van der Waals surface area contributed by atoms with Gasteiger partial charge in [-0.3, -0.25) is 4.98 Å². The van der Waals surface area contributed by atoms with Gasteiger partial charge in [0.05, 0.1) is 12.3 Å². The average molecular weight is 213 g/mol. The van der Waals surface area contributed by atoms with Crippen molar-refractivity contribution in [1.29, 1.82) is 0 Å². The van der Waals surface area contributed by atoms with Crippen molar-refractivity contribution in [3.8, 4) is 17.0 Å². The van der Waals surface area contributed by atoms with Crippen LogP contribution in [0.1, 0.15) is 12.5 Å². The minimum Gasteiger partial charge on any atom is -0.493 e. The second-order valence-electron chi connectivity index (χ2n) is 3.60. The van der Waals surface area contributed by atoms with Crippen LogP contribution < -0.4 is 4.74 Å². The summed E-state index contributed by atoms with van der Waals surface area (Å²) in [6, 6.07) is 12.0. The fraction of sp³-hybridized carbons (Fsp3) is 0.214. The van der Waals surface area contributed by atoms with Gasteiger partial charge in [0.1, 0.15) is 5.75 Å². The van der Waals surface area contributed by atoms with E-state index in [0.29, 0.717) is 6.61 Å². The van der Waals surface area contributed by atoms with Crippen molar-refractivity contribution < 1.29 is 4.74 Å². The third kappa shape index (κ3) is 2.06. The van der Waals surface area contributed by atoms with Crippen LogP contribution in [0, 0.1) is 6.92 Å². The summed E-state index contributed by atoms with van der Waals surface area (Å²) in [5.41, 5.74) is 3.21. The smallest absolute Gasteiger partial charge is 0.128 e. The molecular formula is C14H15NO. The molecule has 0 saturated heterocycles. The Labute approximate surface area is 95.9 Å². The number of rotatable bonds is 3.